The molecule has 0 aliphatic carbocycles. The summed E-state index contributed by atoms with van der Waals surface area (Å²) in [6, 6.07) is 2.94. The number of rotatable bonds is 2. The van der Waals surface area contributed by atoms with Gasteiger partial charge in [-0.25, -0.2) is 4.39 Å². The molecule has 1 aliphatic heterocycles. The van der Waals surface area contributed by atoms with Gasteiger partial charge in [0.2, 0.25) is 5.91 Å². The Morgan fingerprint density at radius 3 is 2.94 bits per heavy atom. The number of nitrogens with one attached hydrogen (secondary N) is 1. The van der Waals surface area contributed by atoms with Crippen LogP contribution in [0.5, 0.6) is 0 Å². The van der Waals surface area contributed by atoms with Gasteiger partial charge in [0.25, 0.3) is 0 Å². The van der Waals surface area contributed by atoms with Crippen LogP contribution in [0.1, 0.15) is 37.0 Å². The lowest BCUT2D eigenvalue weighted by molar-refractivity contribution is -0.116. The molecule has 1 aliphatic rings. The minimum Gasteiger partial charge on any atom is -0.388 e. The van der Waals surface area contributed by atoms with Crippen molar-refractivity contribution in [3.8, 4) is 0 Å². The highest BCUT2D eigenvalue weighted by molar-refractivity contribution is 5.93. The number of hydrogen-bond donors (Lipinski definition) is 2. The van der Waals surface area contributed by atoms with E-state index in [0.717, 1.165) is 5.56 Å². The number of carbonyl (C=O) groups is 1. The number of anilines is 1. The molecule has 16 heavy (non-hydrogen) atoms. The van der Waals surface area contributed by atoms with E-state index in [2.05, 4.69) is 5.32 Å². The monoisotopic (exact) mass is 223 g/mol. The van der Waals surface area contributed by atoms with Gasteiger partial charge in [-0.3, -0.25) is 4.79 Å². The highest BCUT2D eigenvalue weighted by Gasteiger charge is 2.19. The minimum absolute atomic E-state index is 0.0873. The third-order valence-corrected chi connectivity index (χ3v) is 2.86. The molecule has 0 fully saturated rings. The van der Waals surface area contributed by atoms with Gasteiger partial charge in [-0.15, -0.1) is 0 Å². The van der Waals surface area contributed by atoms with Crippen molar-refractivity contribution in [3.05, 3.63) is 29.1 Å². The molecule has 1 aromatic carbocycles. The van der Waals surface area contributed by atoms with Gasteiger partial charge in [0.15, 0.2) is 0 Å². The fourth-order valence-corrected chi connectivity index (χ4v) is 1.90. The van der Waals surface area contributed by atoms with E-state index in [9.17, 15) is 14.3 Å². The zero-order chi connectivity index (χ0) is 11.7. The normalized spacial score (nSPS) is 16.6. The Balaban J connectivity index is 2.41. The number of aryl methyl sites for hydroxylation is 1. The van der Waals surface area contributed by atoms with Crippen molar-refractivity contribution < 1.29 is 14.3 Å². The zero-order valence-corrected chi connectivity index (χ0v) is 9.09. The summed E-state index contributed by atoms with van der Waals surface area (Å²) < 4.78 is 13.6. The molecule has 0 spiro atoms. The summed E-state index contributed by atoms with van der Waals surface area (Å²) in [6.07, 6.45) is 0.718. The minimum atomic E-state index is -0.775. The third-order valence-electron chi connectivity index (χ3n) is 2.86. The number of carbonyl (C=O) groups excluding carboxylic acids is 1. The lowest BCUT2D eigenvalue weighted by Crippen LogP contribution is -2.19. The largest absolute Gasteiger partial charge is 0.388 e. The molecule has 2 N–H and O–H groups in total. The van der Waals surface area contributed by atoms with E-state index in [-0.39, 0.29) is 5.91 Å². The van der Waals surface area contributed by atoms with Crippen LogP contribution in [0.25, 0.3) is 0 Å². The van der Waals surface area contributed by atoms with E-state index < -0.39 is 11.9 Å². The summed E-state index contributed by atoms with van der Waals surface area (Å²) in [5, 5.41) is 12.3. The van der Waals surface area contributed by atoms with E-state index in [1.54, 1.807) is 13.0 Å². The van der Waals surface area contributed by atoms with E-state index >= 15 is 0 Å². The van der Waals surface area contributed by atoms with E-state index in [1.165, 1.54) is 6.07 Å². The second-order valence-electron chi connectivity index (χ2n) is 4.00. The van der Waals surface area contributed by atoms with E-state index in [4.69, 9.17) is 0 Å². The fraction of sp³-hybridized carbons (Fsp3) is 0.417. The van der Waals surface area contributed by atoms with Crippen molar-refractivity contribution in [2.45, 2.75) is 32.3 Å². The van der Waals surface area contributed by atoms with Crippen LogP contribution in [0.3, 0.4) is 0 Å². The first-order valence-corrected chi connectivity index (χ1v) is 5.42. The lowest BCUT2D eigenvalue weighted by Gasteiger charge is -2.19. The number of fused-ring (bicyclic) bond motifs is 1. The Morgan fingerprint density at radius 1 is 1.50 bits per heavy atom. The van der Waals surface area contributed by atoms with Crippen LogP contribution >= 0.6 is 0 Å². The SMILES string of the molecule is CCC(O)c1cc2c(cc1F)NC(=O)CC2. The fourth-order valence-electron chi connectivity index (χ4n) is 1.90. The number of aliphatic hydroxyl groups is 1. The van der Waals surface area contributed by atoms with Crippen LogP contribution < -0.4 is 5.32 Å². The molecule has 1 amide bonds. The van der Waals surface area contributed by atoms with Crippen molar-refractivity contribution >= 4 is 11.6 Å². The van der Waals surface area contributed by atoms with Gasteiger partial charge in [-0.05, 0) is 30.5 Å². The van der Waals surface area contributed by atoms with Crippen LogP contribution in [-0.4, -0.2) is 11.0 Å². The van der Waals surface area contributed by atoms with E-state index in [1.807, 2.05) is 0 Å². The first-order valence-electron chi connectivity index (χ1n) is 5.42. The van der Waals surface area contributed by atoms with Crippen molar-refractivity contribution in [2.75, 3.05) is 5.32 Å². The molecule has 1 unspecified atom stereocenters. The summed E-state index contributed by atoms with van der Waals surface area (Å²) in [4.78, 5) is 11.1. The summed E-state index contributed by atoms with van der Waals surface area (Å²) in [7, 11) is 0. The predicted octanol–water partition coefficient (Wildman–Crippen LogP) is 2.15. The molecule has 0 radical (unpaired) electrons. The van der Waals surface area contributed by atoms with Gasteiger partial charge in [-0.1, -0.05) is 6.92 Å². The standard InChI is InChI=1S/C12H14FNO2/c1-2-11(15)8-5-7-3-4-12(16)14-10(7)6-9(8)13/h5-6,11,15H,2-4H2,1H3,(H,14,16). The molecular weight excluding hydrogens is 209 g/mol. The van der Waals surface area contributed by atoms with Crippen LogP contribution in [0, 0.1) is 5.82 Å². The topological polar surface area (TPSA) is 49.3 Å². The molecule has 0 aromatic heterocycles. The van der Waals surface area contributed by atoms with Gasteiger partial charge in [-0.2, -0.15) is 0 Å². The van der Waals surface area contributed by atoms with E-state index in [0.29, 0.717) is 30.5 Å². The Labute approximate surface area is 93.3 Å². The van der Waals surface area contributed by atoms with Crippen LogP contribution in [0.2, 0.25) is 0 Å². The number of aliphatic hydroxyl groups excluding tert-OH is 1. The molecule has 0 bridgehead atoms. The molecule has 0 saturated carbocycles. The molecule has 86 valence electrons. The van der Waals surface area contributed by atoms with Crippen molar-refractivity contribution in [3.63, 3.8) is 0 Å². The van der Waals surface area contributed by atoms with Crippen molar-refractivity contribution in [2.24, 2.45) is 0 Å². The number of halogens is 1. The maximum absolute atomic E-state index is 13.6. The summed E-state index contributed by atoms with van der Waals surface area (Å²) in [5.41, 5.74) is 1.74. The first-order chi connectivity index (χ1) is 7.61. The van der Waals surface area contributed by atoms with Crippen LogP contribution in [0.15, 0.2) is 12.1 Å². The maximum atomic E-state index is 13.6. The smallest absolute Gasteiger partial charge is 0.224 e. The van der Waals surface area contributed by atoms with Gasteiger partial charge >= 0.3 is 0 Å². The van der Waals surface area contributed by atoms with Crippen molar-refractivity contribution in [1.82, 2.24) is 0 Å². The number of hydrogen-bond acceptors (Lipinski definition) is 2. The average molecular weight is 223 g/mol. The predicted molar refractivity (Wildman–Crippen MR) is 58.6 cm³/mol. The lowest BCUT2D eigenvalue weighted by atomic mass is 9.97. The Hall–Kier alpha value is -1.42. The quantitative estimate of drug-likeness (QED) is 0.807. The molecular formula is C12H14FNO2. The molecule has 3 nitrogen and oxygen atoms in total. The maximum Gasteiger partial charge on any atom is 0.224 e. The summed E-state index contributed by atoms with van der Waals surface area (Å²) in [6.45, 7) is 1.80. The number of amides is 1. The molecule has 1 heterocycles. The van der Waals surface area contributed by atoms with Crippen LogP contribution in [-0.2, 0) is 11.2 Å². The summed E-state index contributed by atoms with van der Waals surface area (Å²) in [5.74, 6) is -0.550. The molecule has 0 saturated heterocycles. The van der Waals surface area contributed by atoms with Gasteiger partial charge in [0, 0.05) is 17.7 Å². The molecule has 4 heteroatoms. The third kappa shape index (κ3) is 1.93. The Kier molecular flexibility index (Phi) is 2.92. The average Bonchev–Trinajstić information content (AvgIpc) is 2.27. The number of benzene rings is 1. The zero-order valence-electron chi connectivity index (χ0n) is 9.09. The highest BCUT2D eigenvalue weighted by Crippen LogP contribution is 2.29. The highest BCUT2D eigenvalue weighted by atomic mass is 19.1. The molecule has 1 atom stereocenters. The second-order valence-corrected chi connectivity index (χ2v) is 4.00. The van der Waals surface area contributed by atoms with Crippen LogP contribution in [0.4, 0.5) is 10.1 Å². The Morgan fingerprint density at radius 2 is 2.25 bits per heavy atom. The van der Waals surface area contributed by atoms with Crippen molar-refractivity contribution in [1.29, 1.82) is 0 Å². The summed E-state index contributed by atoms with van der Waals surface area (Å²) >= 11 is 0. The second kappa shape index (κ2) is 4.22. The van der Waals surface area contributed by atoms with Gasteiger partial charge < -0.3 is 10.4 Å². The molecule has 1 aromatic rings. The molecule has 2 rings (SSSR count). The first kappa shape index (κ1) is 11.1. The Bertz CT molecular complexity index is 431. The van der Waals surface area contributed by atoms with Gasteiger partial charge in [0.1, 0.15) is 5.82 Å². The van der Waals surface area contributed by atoms with Gasteiger partial charge in [0.05, 0.1) is 6.10 Å².